The molecule has 1 atom stereocenters. The van der Waals surface area contributed by atoms with Crippen LogP contribution in [0.15, 0.2) is 30.8 Å². The molecule has 0 bridgehead atoms. The highest BCUT2D eigenvalue weighted by molar-refractivity contribution is 6.08. The Labute approximate surface area is 102 Å². The molecule has 0 saturated carbocycles. The second kappa shape index (κ2) is 4.72. The SMILES string of the molecule is C=C1c2ccccc2C(=O)N1CC1CO1.CC. The fourth-order valence-electron chi connectivity index (χ4n) is 1.90. The molecule has 0 radical (unpaired) electrons. The van der Waals surface area contributed by atoms with Gasteiger partial charge < -0.3 is 9.64 Å². The summed E-state index contributed by atoms with van der Waals surface area (Å²) < 4.78 is 5.13. The average molecular weight is 231 g/mol. The quantitative estimate of drug-likeness (QED) is 0.733. The first kappa shape index (κ1) is 11.9. The van der Waals surface area contributed by atoms with E-state index in [0.29, 0.717) is 6.54 Å². The van der Waals surface area contributed by atoms with E-state index < -0.39 is 0 Å². The molecule has 2 heterocycles. The first-order valence-corrected chi connectivity index (χ1v) is 5.99. The highest BCUT2D eigenvalue weighted by Crippen LogP contribution is 2.32. The number of ether oxygens (including phenoxy) is 1. The van der Waals surface area contributed by atoms with Crippen LogP contribution >= 0.6 is 0 Å². The predicted octanol–water partition coefficient (Wildman–Crippen LogP) is 2.54. The molecule has 3 nitrogen and oxygen atoms in total. The van der Waals surface area contributed by atoms with E-state index in [1.165, 1.54) is 0 Å². The topological polar surface area (TPSA) is 32.8 Å². The smallest absolute Gasteiger partial charge is 0.259 e. The van der Waals surface area contributed by atoms with Crippen molar-refractivity contribution in [2.75, 3.05) is 13.2 Å². The van der Waals surface area contributed by atoms with Gasteiger partial charge in [0.15, 0.2) is 0 Å². The van der Waals surface area contributed by atoms with E-state index in [0.717, 1.165) is 23.4 Å². The standard InChI is InChI=1S/C12H11NO2.C2H6/c1-8-10-4-2-3-5-11(10)12(14)13(8)6-9-7-15-9;1-2/h2-5,9H,1,6-7H2;1-2H3. The second-order valence-electron chi connectivity index (χ2n) is 3.86. The van der Waals surface area contributed by atoms with Gasteiger partial charge in [-0.1, -0.05) is 38.6 Å². The molecule has 2 aliphatic heterocycles. The van der Waals surface area contributed by atoms with Crippen LogP contribution in [-0.4, -0.2) is 30.1 Å². The van der Waals surface area contributed by atoms with Gasteiger partial charge in [-0.15, -0.1) is 0 Å². The number of hydrogen-bond donors (Lipinski definition) is 0. The van der Waals surface area contributed by atoms with Crippen LogP contribution in [0.25, 0.3) is 5.70 Å². The molecule has 1 fully saturated rings. The van der Waals surface area contributed by atoms with Crippen molar-refractivity contribution in [2.24, 2.45) is 0 Å². The van der Waals surface area contributed by atoms with Crippen molar-refractivity contribution in [1.82, 2.24) is 4.90 Å². The zero-order valence-corrected chi connectivity index (χ0v) is 10.3. The maximum Gasteiger partial charge on any atom is 0.259 e. The van der Waals surface area contributed by atoms with Crippen molar-refractivity contribution in [3.05, 3.63) is 42.0 Å². The van der Waals surface area contributed by atoms with E-state index in [4.69, 9.17) is 4.74 Å². The molecule has 0 aromatic heterocycles. The molecule has 0 aliphatic carbocycles. The van der Waals surface area contributed by atoms with Crippen LogP contribution in [-0.2, 0) is 4.74 Å². The third kappa shape index (κ3) is 2.11. The van der Waals surface area contributed by atoms with Gasteiger partial charge in [0, 0.05) is 16.8 Å². The summed E-state index contributed by atoms with van der Waals surface area (Å²) in [6.45, 7) is 9.35. The fourth-order valence-corrected chi connectivity index (χ4v) is 1.90. The summed E-state index contributed by atoms with van der Waals surface area (Å²) in [7, 11) is 0. The number of carbonyl (C=O) groups excluding carboxylic acids is 1. The highest BCUT2D eigenvalue weighted by Gasteiger charge is 2.35. The molecular formula is C14H17NO2. The fraction of sp³-hybridized carbons (Fsp3) is 0.357. The summed E-state index contributed by atoms with van der Waals surface area (Å²) in [6.07, 6.45) is 0.208. The third-order valence-corrected chi connectivity index (χ3v) is 2.83. The first-order chi connectivity index (χ1) is 8.27. The number of hydrogen-bond acceptors (Lipinski definition) is 2. The van der Waals surface area contributed by atoms with Crippen molar-refractivity contribution in [3.8, 4) is 0 Å². The molecule has 0 spiro atoms. The minimum Gasteiger partial charge on any atom is -0.371 e. The zero-order valence-electron chi connectivity index (χ0n) is 10.3. The minimum atomic E-state index is 0.0473. The molecule has 90 valence electrons. The van der Waals surface area contributed by atoms with E-state index in [2.05, 4.69) is 6.58 Å². The molecule has 1 unspecified atom stereocenters. The number of amides is 1. The molecule has 1 amide bonds. The van der Waals surface area contributed by atoms with Crippen molar-refractivity contribution in [1.29, 1.82) is 0 Å². The second-order valence-corrected chi connectivity index (χ2v) is 3.86. The van der Waals surface area contributed by atoms with Crippen LogP contribution in [0.4, 0.5) is 0 Å². The number of nitrogens with zero attached hydrogens (tertiary/aromatic N) is 1. The zero-order chi connectivity index (χ0) is 12.4. The summed E-state index contributed by atoms with van der Waals surface area (Å²) in [4.78, 5) is 13.7. The summed E-state index contributed by atoms with van der Waals surface area (Å²) in [5.41, 5.74) is 2.50. The Bertz CT molecular complexity index is 414. The summed E-state index contributed by atoms with van der Waals surface area (Å²) in [5, 5.41) is 0. The van der Waals surface area contributed by atoms with Crippen LogP contribution in [0, 0.1) is 0 Å². The summed E-state index contributed by atoms with van der Waals surface area (Å²) in [5.74, 6) is 0.0473. The molecule has 1 aromatic carbocycles. The van der Waals surface area contributed by atoms with Gasteiger partial charge in [0.25, 0.3) is 5.91 Å². The van der Waals surface area contributed by atoms with Gasteiger partial charge in [-0.2, -0.15) is 0 Å². The van der Waals surface area contributed by atoms with Crippen molar-refractivity contribution < 1.29 is 9.53 Å². The molecule has 1 saturated heterocycles. The van der Waals surface area contributed by atoms with E-state index in [9.17, 15) is 4.79 Å². The van der Waals surface area contributed by atoms with E-state index in [-0.39, 0.29) is 12.0 Å². The predicted molar refractivity (Wildman–Crippen MR) is 67.6 cm³/mol. The number of epoxide rings is 1. The highest BCUT2D eigenvalue weighted by atomic mass is 16.6. The van der Waals surface area contributed by atoms with Gasteiger partial charge in [-0.05, 0) is 6.07 Å². The van der Waals surface area contributed by atoms with Crippen LogP contribution in [0.5, 0.6) is 0 Å². The van der Waals surface area contributed by atoms with Crippen molar-refractivity contribution in [2.45, 2.75) is 20.0 Å². The molecular weight excluding hydrogens is 214 g/mol. The van der Waals surface area contributed by atoms with Crippen LogP contribution in [0.1, 0.15) is 29.8 Å². The van der Waals surface area contributed by atoms with Gasteiger partial charge >= 0.3 is 0 Å². The number of fused-ring (bicyclic) bond motifs is 1. The maximum atomic E-state index is 12.0. The van der Waals surface area contributed by atoms with Gasteiger partial charge in [0.05, 0.1) is 19.3 Å². The van der Waals surface area contributed by atoms with E-state index >= 15 is 0 Å². The van der Waals surface area contributed by atoms with Gasteiger partial charge in [-0.3, -0.25) is 4.79 Å². The molecule has 17 heavy (non-hydrogen) atoms. The third-order valence-electron chi connectivity index (χ3n) is 2.83. The first-order valence-electron chi connectivity index (χ1n) is 5.99. The number of rotatable bonds is 2. The minimum absolute atomic E-state index is 0.0473. The number of benzene rings is 1. The molecule has 0 N–H and O–H groups in total. The largest absolute Gasteiger partial charge is 0.371 e. The Morgan fingerprint density at radius 1 is 1.35 bits per heavy atom. The summed E-state index contributed by atoms with van der Waals surface area (Å²) >= 11 is 0. The lowest BCUT2D eigenvalue weighted by Gasteiger charge is -2.15. The van der Waals surface area contributed by atoms with E-state index in [1.54, 1.807) is 4.90 Å². The maximum absolute atomic E-state index is 12.0. The van der Waals surface area contributed by atoms with Crippen molar-refractivity contribution in [3.63, 3.8) is 0 Å². The van der Waals surface area contributed by atoms with Gasteiger partial charge in [0.1, 0.15) is 0 Å². The Kier molecular flexibility index (Phi) is 3.29. The Balaban J connectivity index is 0.000000514. The monoisotopic (exact) mass is 231 g/mol. The van der Waals surface area contributed by atoms with E-state index in [1.807, 2.05) is 38.1 Å². The van der Waals surface area contributed by atoms with Crippen molar-refractivity contribution >= 4 is 11.6 Å². The Hall–Kier alpha value is -1.61. The Morgan fingerprint density at radius 3 is 2.47 bits per heavy atom. The lowest BCUT2D eigenvalue weighted by atomic mass is 10.1. The van der Waals surface area contributed by atoms with Gasteiger partial charge in [-0.25, -0.2) is 0 Å². The Morgan fingerprint density at radius 2 is 1.94 bits per heavy atom. The summed E-state index contributed by atoms with van der Waals surface area (Å²) in [6, 6.07) is 7.58. The number of carbonyl (C=O) groups is 1. The molecule has 1 aromatic rings. The molecule has 3 heteroatoms. The van der Waals surface area contributed by atoms with Crippen LogP contribution in [0.3, 0.4) is 0 Å². The lowest BCUT2D eigenvalue weighted by Crippen LogP contribution is -2.27. The lowest BCUT2D eigenvalue weighted by molar-refractivity contribution is 0.0842. The average Bonchev–Trinajstić information content (AvgIpc) is 3.17. The molecule has 2 aliphatic rings. The van der Waals surface area contributed by atoms with Crippen LogP contribution < -0.4 is 0 Å². The van der Waals surface area contributed by atoms with Gasteiger partial charge in [0.2, 0.25) is 0 Å². The van der Waals surface area contributed by atoms with Crippen LogP contribution in [0.2, 0.25) is 0 Å². The normalized spacial score (nSPS) is 20.8. The molecule has 3 rings (SSSR count).